The lowest BCUT2D eigenvalue weighted by Gasteiger charge is -2.15. The summed E-state index contributed by atoms with van der Waals surface area (Å²) >= 11 is 0. The van der Waals surface area contributed by atoms with Crippen LogP contribution in [0.5, 0.6) is 0 Å². The summed E-state index contributed by atoms with van der Waals surface area (Å²) in [6, 6.07) is 19.5. The summed E-state index contributed by atoms with van der Waals surface area (Å²) < 4.78 is 0. The highest BCUT2D eigenvalue weighted by atomic mass is 31.1. The monoisotopic (exact) mass is 228 g/mol. The lowest BCUT2D eigenvalue weighted by Crippen LogP contribution is -2.05. The molecule has 0 spiro atoms. The van der Waals surface area contributed by atoms with Crippen LogP contribution >= 0.6 is 7.92 Å². The summed E-state index contributed by atoms with van der Waals surface area (Å²) in [4.78, 5) is 0. The average Bonchev–Trinajstić information content (AvgIpc) is 2.39. The van der Waals surface area contributed by atoms with Crippen LogP contribution in [0.4, 0.5) is 0 Å². The molecule has 0 radical (unpaired) electrons. The van der Waals surface area contributed by atoms with Gasteiger partial charge in [-0.05, 0) is 29.3 Å². The Labute approximate surface area is 99.1 Å². The molecule has 0 heterocycles. The molecule has 16 heavy (non-hydrogen) atoms. The number of benzene rings is 2. The predicted molar refractivity (Wildman–Crippen MR) is 74.9 cm³/mol. The molecule has 2 aromatic rings. The van der Waals surface area contributed by atoms with Gasteiger partial charge in [0.2, 0.25) is 0 Å². The summed E-state index contributed by atoms with van der Waals surface area (Å²) in [5.41, 5.74) is 2.74. The van der Waals surface area contributed by atoms with Crippen LogP contribution < -0.4 is 5.30 Å². The number of hydrogen-bond acceptors (Lipinski definition) is 0. The lowest BCUT2D eigenvalue weighted by atomic mass is 10.1. The Morgan fingerprint density at radius 3 is 2.19 bits per heavy atom. The van der Waals surface area contributed by atoms with Gasteiger partial charge in [-0.25, -0.2) is 0 Å². The maximum atomic E-state index is 2.36. The van der Waals surface area contributed by atoms with E-state index in [2.05, 4.69) is 68.2 Å². The van der Waals surface area contributed by atoms with E-state index in [4.69, 9.17) is 0 Å². The van der Waals surface area contributed by atoms with Crippen LogP contribution in [0.3, 0.4) is 0 Å². The van der Waals surface area contributed by atoms with Crippen molar-refractivity contribution in [2.24, 2.45) is 0 Å². The van der Waals surface area contributed by atoms with Crippen molar-refractivity contribution in [2.45, 2.75) is 6.92 Å². The number of rotatable bonds is 3. The molecule has 1 heteroatoms. The predicted octanol–water partition coefficient (Wildman–Crippen LogP) is 4.11. The van der Waals surface area contributed by atoms with Gasteiger partial charge in [0.1, 0.15) is 0 Å². The molecule has 0 aliphatic rings. The Kier molecular flexibility index (Phi) is 3.74. The van der Waals surface area contributed by atoms with Crippen molar-refractivity contribution in [3.05, 3.63) is 54.6 Å². The fraction of sp³-hybridized carbons (Fsp3) is 0.200. The molecule has 0 saturated carbocycles. The minimum Gasteiger partial charge on any atom is -0.0781 e. The summed E-state index contributed by atoms with van der Waals surface area (Å²) in [5, 5.41) is 1.52. The van der Waals surface area contributed by atoms with Gasteiger partial charge >= 0.3 is 0 Å². The minimum absolute atomic E-state index is 0.0179. The molecule has 0 bridgehead atoms. The standard InChI is InChI=1S/C15H17P/c1-3-16(2)15-12-8-7-11-14(15)13-9-5-4-6-10-13/h4-12H,3H2,1-2H3. The zero-order valence-electron chi connectivity index (χ0n) is 9.85. The molecular formula is C15H17P. The maximum absolute atomic E-state index is 2.36. The highest BCUT2D eigenvalue weighted by Crippen LogP contribution is 2.33. The first kappa shape index (κ1) is 11.4. The molecule has 0 N–H and O–H groups in total. The van der Waals surface area contributed by atoms with Crippen molar-refractivity contribution in [1.29, 1.82) is 0 Å². The van der Waals surface area contributed by atoms with Gasteiger partial charge < -0.3 is 0 Å². The molecule has 0 aliphatic carbocycles. The van der Waals surface area contributed by atoms with E-state index in [1.54, 1.807) is 0 Å². The first-order valence-corrected chi connectivity index (χ1v) is 7.66. The van der Waals surface area contributed by atoms with Gasteiger partial charge in [0.25, 0.3) is 0 Å². The van der Waals surface area contributed by atoms with E-state index in [1.807, 2.05) is 0 Å². The van der Waals surface area contributed by atoms with Gasteiger partial charge in [0.05, 0.1) is 0 Å². The van der Waals surface area contributed by atoms with E-state index >= 15 is 0 Å². The third-order valence-corrected chi connectivity index (χ3v) is 5.04. The van der Waals surface area contributed by atoms with Gasteiger partial charge in [0, 0.05) is 0 Å². The Hall–Kier alpha value is -1.13. The summed E-state index contributed by atoms with van der Waals surface area (Å²) in [5.74, 6) is 0. The molecule has 0 saturated heterocycles. The first-order valence-electron chi connectivity index (χ1n) is 5.68. The topological polar surface area (TPSA) is 0 Å². The van der Waals surface area contributed by atoms with Crippen LogP contribution in [-0.4, -0.2) is 12.8 Å². The number of hydrogen-bond donors (Lipinski definition) is 0. The molecule has 2 aromatic carbocycles. The van der Waals surface area contributed by atoms with Gasteiger partial charge in [-0.3, -0.25) is 0 Å². The van der Waals surface area contributed by atoms with Crippen LogP contribution in [0.25, 0.3) is 11.1 Å². The highest BCUT2D eigenvalue weighted by Gasteiger charge is 2.08. The van der Waals surface area contributed by atoms with E-state index in [9.17, 15) is 0 Å². The van der Waals surface area contributed by atoms with Gasteiger partial charge in [-0.15, -0.1) is 0 Å². The third-order valence-electron chi connectivity index (χ3n) is 2.87. The quantitative estimate of drug-likeness (QED) is 0.693. The molecule has 0 fully saturated rings. The zero-order chi connectivity index (χ0) is 11.4. The van der Waals surface area contributed by atoms with Crippen LogP contribution in [-0.2, 0) is 0 Å². The summed E-state index contributed by atoms with van der Waals surface area (Å²) in [7, 11) is -0.0179. The lowest BCUT2D eigenvalue weighted by molar-refractivity contribution is 1.50. The minimum atomic E-state index is -0.0179. The molecule has 0 nitrogen and oxygen atoms in total. The second-order valence-corrected chi connectivity index (χ2v) is 6.41. The molecule has 0 aliphatic heterocycles. The molecule has 1 unspecified atom stereocenters. The average molecular weight is 228 g/mol. The van der Waals surface area contributed by atoms with E-state index in [0.717, 1.165) is 0 Å². The van der Waals surface area contributed by atoms with Crippen molar-refractivity contribution in [2.75, 3.05) is 12.8 Å². The molecule has 82 valence electrons. The van der Waals surface area contributed by atoms with E-state index in [-0.39, 0.29) is 7.92 Å². The van der Waals surface area contributed by atoms with Crippen molar-refractivity contribution < 1.29 is 0 Å². The Morgan fingerprint density at radius 2 is 1.50 bits per heavy atom. The fourth-order valence-electron chi connectivity index (χ4n) is 1.84. The van der Waals surface area contributed by atoms with Gasteiger partial charge in [0.15, 0.2) is 0 Å². The molecule has 0 aromatic heterocycles. The Balaban J connectivity index is 2.49. The molecule has 0 amide bonds. The SMILES string of the molecule is CCP(C)c1ccccc1-c1ccccc1. The molecule has 2 rings (SSSR count). The van der Waals surface area contributed by atoms with Gasteiger partial charge in [-0.1, -0.05) is 69.4 Å². The largest absolute Gasteiger partial charge is 0.0781 e. The first-order chi connectivity index (χ1) is 7.83. The molecular weight excluding hydrogens is 211 g/mol. The van der Waals surface area contributed by atoms with Gasteiger partial charge in [-0.2, -0.15) is 0 Å². The smallest absolute Gasteiger partial charge is 0.0107 e. The normalized spacial score (nSPS) is 12.4. The van der Waals surface area contributed by atoms with Crippen molar-refractivity contribution in [3.63, 3.8) is 0 Å². The summed E-state index contributed by atoms with van der Waals surface area (Å²) in [6.45, 7) is 4.63. The molecule has 1 atom stereocenters. The van der Waals surface area contributed by atoms with Crippen molar-refractivity contribution >= 4 is 13.2 Å². The highest BCUT2D eigenvalue weighted by molar-refractivity contribution is 7.65. The second kappa shape index (κ2) is 5.27. The van der Waals surface area contributed by atoms with Crippen LogP contribution in [0.2, 0.25) is 0 Å². The fourth-order valence-corrected chi connectivity index (χ4v) is 3.13. The van der Waals surface area contributed by atoms with Crippen LogP contribution in [0.1, 0.15) is 6.92 Å². The van der Waals surface area contributed by atoms with E-state index in [0.29, 0.717) is 0 Å². The third kappa shape index (κ3) is 2.33. The zero-order valence-corrected chi connectivity index (χ0v) is 10.7. The second-order valence-electron chi connectivity index (χ2n) is 3.90. The van der Waals surface area contributed by atoms with E-state index in [1.165, 1.54) is 22.6 Å². The summed E-state index contributed by atoms with van der Waals surface area (Å²) in [6.07, 6.45) is 1.25. The van der Waals surface area contributed by atoms with Crippen molar-refractivity contribution in [3.8, 4) is 11.1 Å². The van der Waals surface area contributed by atoms with Crippen LogP contribution in [0.15, 0.2) is 54.6 Å². The Bertz CT molecular complexity index is 448. The maximum Gasteiger partial charge on any atom is -0.0107 e. The Morgan fingerprint density at radius 1 is 0.875 bits per heavy atom. The van der Waals surface area contributed by atoms with Crippen LogP contribution in [0, 0.1) is 0 Å². The van der Waals surface area contributed by atoms with E-state index < -0.39 is 0 Å². The van der Waals surface area contributed by atoms with Crippen molar-refractivity contribution in [1.82, 2.24) is 0 Å².